The van der Waals surface area contributed by atoms with Gasteiger partial charge in [0, 0.05) is 11.4 Å². The van der Waals surface area contributed by atoms with Crippen molar-refractivity contribution in [1.82, 2.24) is 8.75 Å². The van der Waals surface area contributed by atoms with Gasteiger partial charge in [-0.2, -0.15) is 8.75 Å². The van der Waals surface area contributed by atoms with Gasteiger partial charge in [0.15, 0.2) is 0 Å². The van der Waals surface area contributed by atoms with Gasteiger partial charge in [-0.1, -0.05) is 18.2 Å². The van der Waals surface area contributed by atoms with E-state index < -0.39 is 0 Å². The largest absolute Gasteiger partial charge is 0.325 e. The van der Waals surface area contributed by atoms with E-state index in [9.17, 15) is 4.79 Å². The summed E-state index contributed by atoms with van der Waals surface area (Å²) in [5.41, 5.74) is 2.75. The Bertz CT molecular complexity index is 513. The lowest BCUT2D eigenvalue weighted by molar-refractivity contribution is -0.113. The van der Waals surface area contributed by atoms with Crippen LogP contribution in [0, 0.1) is 6.92 Å². The molecule has 94 valence electrons. The van der Waals surface area contributed by atoms with Crippen molar-refractivity contribution in [1.29, 1.82) is 0 Å². The van der Waals surface area contributed by atoms with Crippen molar-refractivity contribution in [3.8, 4) is 0 Å². The predicted octanol–water partition coefficient (Wildman–Crippen LogP) is 2.72. The average molecular weight is 279 g/mol. The van der Waals surface area contributed by atoms with Gasteiger partial charge in [-0.3, -0.25) is 4.79 Å². The topological polar surface area (TPSA) is 54.9 Å². The van der Waals surface area contributed by atoms with Crippen LogP contribution in [-0.4, -0.2) is 20.4 Å². The average Bonchev–Trinajstić information content (AvgIpc) is 2.76. The number of carbonyl (C=O) groups excluding carboxylic acids is 1. The van der Waals surface area contributed by atoms with Gasteiger partial charge in [-0.15, -0.1) is 11.8 Å². The minimum absolute atomic E-state index is 0.00652. The van der Waals surface area contributed by atoms with Gasteiger partial charge in [0.1, 0.15) is 0 Å². The van der Waals surface area contributed by atoms with E-state index in [1.165, 1.54) is 11.7 Å². The highest BCUT2D eigenvalue weighted by Gasteiger charge is 2.06. The Labute approximate surface area is 114 Å². The first kappa shape index (κ1) is 13.0. The maximum absolute atomic E-state index is 11.7. The van der Waals surface area contributed by atoms with E-state index in [-0.39, 0.29) is 5.91 Å². The molecule has 2 rings (SSSR count). The molecule has 0 radical (unpaired) electrons. The molecule has 0 spiro atoms. The molecule has 0 saturated heterocycles. The smallest absolute Gasteiger partial charge is 0.234 e. The number of thioether (sulfide) groups is 1. The van der Waals surface area contributed by atoms with E-state index in [1.807, 2.05) is 37.3 Å². The van der Waals surface area contributed by atoms with Crippen molar-refractivity contribution >= 4 is 35.1 Å². The lowest BCUT2D eigenvalue weighted by atomic mass is 10.3. The van der Waals surface area contributed by atoms with Crippen LogP contribution in [0.15, 0.2) is 30.3 Å². The Morgan fingerprint density at radius 3 is 2.78 bits per heavy atom. The lowest BCUT2D eigenvalue weighted by Crippen LogP contribution is -2.14. The standard InChI is InChI=1S/C12H13N3OS2/c1-9-11(15-18-14-9)7-17-8-12(16)13-10-5-3-2-4-6-10/h2-6H,7-8H2,1H3,(H,13,16). The van der Waals surface area contributed by atoms with Gasteiger partial charge < -0.3 is 5.32 Å². The molecule has 1 amide bonds. The number of aromatic nitrogens is 2. The van der Waals surface area contributed by atoms with Gasteiger partial charge in [-0.25, -0.2) is 0 Å². The van der Waals surface area contributed by atoms with E-state index in [4.69, 9.17) is 0 Å². The number of benzene rings is 1. The second-order valence-corrected chi connectivity index (χ2v) is 5.22. The number of aryl methyl sites for hydroxylation is 1. The monoisotopic (exact) mass is 279 g/mol. The molecule has 0 atom stereocenters. The molecule has 0 fully saturated rings. The van der Waals surface area contributed by atoms with Crippen LogP contribution >= 0.6 is 23.5 Å². The molecule has 4 nitrogen and oxygen atoms in total. The highest BCUT2D eigenvalue weighted by atomic mass is 32.2. The summed E-state index contributed by atoms with van der Waals surface area (Å²) in [6, 6.07) is 9.46. The van der Waals surface area contributed by atoms with Crippen LogP contribution in [0.2, 0.25) is 0 Å². The fourth-order valence-corrected chi connectivity index (χ4v) is 2.81. The Morgan fingerprint density at radius 2 is 2.11 bits per heavy atom. The number of para-hydroxylation sites is 1. The number of nitrogens with zero attached hydrogens (tertiary/aromatic N) is 2. The third kappa shape index (κ3) is 3.82. The van der Waals surface area contributed by atoms with Crippen LogP contribution in [0.5, 0.6) is 0 Å². The molecular formula is C12H13N3OS2. The molecule has 1 N–H and O–H groups in total. The molecule has 2 aromatic rings. The minimum Gasteiger partial charge on any atom is -0.325 e. The Hall–Kier alpha value is -1.40. The second-order valence-electron chi connectivity index (χ2n) is 3.70. The summed E-state index contributed by atoms with van der Waals surface area (Å²) in [5.74, 6) is 1.16. The quantitative estimate of drug-likeness (QED) is 0.914. The Morgan fingerprint density at radius 1 is 1.33 bits per heavy atom. The first-order valence-corrected chi connectivity index (χ1v) is 7.35. The summed E-state index contributed by atoms with van der Waals surface area (Å²) in [4.78, 5) is 11.7. The van der Waals surface area contributed by atoms with Gasteiger partial charge in [-0.05, 0) is 19.1 Å². The number of hydrogen-bond acceptors (Lipinski definition) is 5. The van der Waals surface area contributed by atoms with Crippen molar-refractivity contribution in [2.24, 2.45) is 0 Å². The molecule has 6 heteroatoms. The molecule has 0 bridgehead atoms. The number of amides is 1. The number of nitrogens with one attached hydrogen (secondary N) is 1. The maximum Gasteiger partial charge on any atom is 0.234 e. The van der Waals surface area contributed by atoms with Gasteiger partial charge >= 0.3 is 0 Å². The molecule has 1 aromatic carbocycles. The fraction of sp³-hybridized carbons (Fsp3) is 0.250. The normalized spacial score (nSPS) is 10.3. The first-order chi connectivity index (χ1) is 8.75. The molecule has 0 unspecified atom stereocenters. The zero-order valence-corrected chi connectivity index (χ0v) is 11.6. The SMILES string of the molecule is Cc1nsnc1CSCC(=O)Nc1ccccc1. The third-order valence-corrected chi connectivity index (χ3v) is 3.88. The van der Waals surface area contributed by atoms with Gasteiger partial charge in [0.25, 0.3) is 0 Å². The molecule has 1 aromatic heterocycles. The first-order valence-electron chi connectivity index (χ1n) is 5.46. The van der Waals surface area contributed by atoms with Gasteiger partial charge in [0.05, 0.1) is 28.9 Å². The van der Waals surface area contributed by atoms with Crippen molar-refractivity contribution in [3.05, 3.63) is 41.7 Å². The number of hydrogen-bond donors (Lipinski definition) is 1. The molecule has 0 aliphatic carbocycles. The van der Waals surface area contributed by atoms with Crippen LogP contribution in [-0.2, 0) is 10.5 Å². The lowest BCUT2D eigenvalue weighted by Gasteiger charge is -2.04. The Balaban J connectivity index is 1.74. The highest BCUT2D eigenvalue weighted by Crippen LogP contribution is 2.14. The molecule has 0 saturated carbocycles. The van der Waals surface area contributed by atoms with Crippen molar-refractivity contribution in [2.75, 3.05) is 11.1 Å². The van der Waals surface area contributed by atoms with Crippen LogP contribution < -0.4 is 5.32 Å². The fourth-order valence-electron chi connectivity index (χ4n) is 1.34. The van der Waals surface area contributed by atoms with E-state index in [2.05, 4.69) is 14.1 Å². The summed E-state index contributed by atoms with van der Waals surface area (Å²) >= 11 is 2.76. The van der Waals surface area contributed by atoms with E-state index >= 15 is 0 Å². The summed E-state index contributed by atoms with van der Waals surface area (Å²) < 4.78 is 8.27. The van der Waals surface area contributed by atoms with Crippen LogP contribution in [0.25, 0.3) is 0 Å². The zero-order chi connectivity index (χ0) is 12.8. The van der Waals surface area contributed by atoms with E-state index in [0.29, 0.717) is 5.75 Å². The van der Waals surface area contributed by atoms with Crippen molar-refractivity contribution < 1.29 is 4.79 Å². The van der Waals surface area contributed by atoms with Crippen LogP contribution in [0.4, 0.5) is 5.69 Å². The summed E-state index contributed by atoms with van der Waals surface area (Å²) in [5, 5.41) is 2.84. The van der Waals surface area contributed by atoms with Gasteiger partial charge in [0.2, 0.25) is 5.91 Å². The summed E-state index contributed by atoms with van der Waals surface area (Å²) in [6.07, 6.45) is 0. The van der Waals surface area contributed by atoms with E-state index in [1.54, 1.807) is 11.8 Å². The predicted molar refractivity (Wildman–Crippen MR) is 75.9 cm³/mol. The van der Waals surface area contributed by atoms with Crippen LogP contribution in [0.1, 0.15) is 11.4 Å². The van der Waals surface area contributed by atoms with E-state index in [0.717, 1.165) is 22.8 Å². The summed E-state index contributed by atoms with van der Waals surface area (Å²) in [6.45, 7) is 1.93. The highest BCUT2D eigenvalue weighted by molar-refractivity contribution is 7.99. The molecule has 0 aliphatic rings. The molecule has 0 aliphatic heterocycles. The number of rotatable bonds is 5. The summed E-state index contributed by atoms with van der Waals surface area (Å²) in [7, 11) is 0. The molecule has 1 heterocycles. The molecular weight excluding hydrogens is 266 g/mol. The zero-order valence-electron chi connectivity index (χ0n) is 9.92. The number of carbonyl (C=O) groups is 1. The molecule has 18 heavy (non-hydrogen) atoms. The Kier molecular flexibility index (Phi) is 4.72. The van der Waals surface area contributed by atoms with Crippen molar-refractivity contribution in [3.63, 3.8) is 0 Å². The second kappa shape index (κ2) is 6.51. The third-order valence-electron chi connectivity index (χ3n) is 2.28. The van der Waals surface area contributed by atoms with Crippen LogP contribution in [0.3, 0.4) is 0 Å². The number of anilines is 1. The van der Waals surface area contributed by atoms with Crippen molar-refractivity contribution in [2.45, 2.75) is 12.7 Å². The maximum atomic E-state index is 11.7. The minimum atomic E-state index is 0.00652.